The van der Waals surface area contributed by atoms with Gasteiger partial charge in [-0.2, -0.15) is 0 Å². The average molecular weight is 506 g/mol. The Balaban J connectivity index is 1.48. The number of hydrogen-bond acceptors (Lipinski definition) is 6. The van der Waals surface area contributed by atoms with E-state index < -0.39 is 11.4 Å². The van der Waals surface area contributed by atoms with E-state index in [-0.39, 0.29) is 17.2 Å². The van der Waals surface area contributed by atoms with Crippen molar-refractivity contribution in [1.82, 2.24) is 4.57 Å². The third-order valence-electron chi connectivity index (χ3n) is 7.27. The van der Waals surface area contributed by atoms with E-state index in [1.807, 2.05) is 47.0 Å². The minimum atomic E-state index is -1.23. The quantitative estimate of drug-likeness (QED) is 0.411. The summed E-state index contributed by atoms with van der Waals surface area (Å²) in [5.41, 5.74) is 2.53. The van der Waals surface area contributed by atoms with Crippen LogP contribution in [0.1, 0.15) is 40.7 Å². The molecule has 2 aromatic carbocycles. The second kappa shape index (κ2) is 10.4. The second-order valence-corrected chi connectivity index (χ2v) is 9.69. The smallest absolute Gasteiger partial charge is 0.341 e. The summed E-state index contributed by atoms with van der Waals surface area (Å²) in [7, 11) is 3.23. The number of methoxy groups -OCH3 is 2. The number of fused-ring (bicyclic) bond motifs is 4. The SMILES string of the molecule is COCCCOc1cc2c(cc1OC)-c1cc(=O)c(C(=O)O)cn1C1(C2)CC(OCc2ccccc2)C1. The molecule has 0 saturated heterocycles. The molecule has 1 aliphatic carbocycles. The number of carbonyl (C=O) groups is 1. The molecule has 8 nitrogen and oxygen atoms in total. The topological polar surface area (TPSA) is 96.2 Å². The first kappa shape index (κ1) is 25.0. The predicted molar refractivity (Wildman–Crippen MR) is 138 cm³/mol. The van der Waals surface area contributed by atoms with Gasteiger partial charge in [-0.3, -0.25) is 4.79 Å². The van der Waals surface area contributed by atoms with Gasteiger partial charge in [0.1, 0.15) is 5.56 Å². The molecule has 1 N–H and O–H groups in total. The molecule has 1 aromatic heterocycles. The second-order valence-electron chi connectivity index (χ2n) is 9.69. The van der Waals surface area contributed by atoms with Crippen LogP contribution in [0.2, 0.25) is 0 Å². The molecule has 1 aliphatic heterocycles. The van der Waals surface area contributed by atoms with Crippen molar-refractivity contribution in [3.63, 3.8) is 0 Å². The Labute approximate surface area is 215 Å². The minimum Gasteiger partial charge on any atom is -0.493 e. The van der Waals surface area contributed by atoms with Crippen molar-refractivity contribution < 1.29 is 28.8 Å². The number of rotatable bonds is 10. The number of benzene rings is 2. The average Bonchev–Trinajstić information content (AvgIpc) is 2.88. The Morgan fingerprint density at radius 1 is 1.08 bits per heavy atom. The zero-order valence-corrected chi connectivity index (χ0v) is 21.1. The highest BCUT2D eigenvalue weighted by Gasteiger charge is 2.49. The van der Waals surface area contributed by atoms with Crippen molar-refractivity contribution in [2.75, 3.05) is 27.4 Å². The van der Waals surface area contributed by atoms with E-state index in [4.69, 9.17) is 18.9 Å². The Morgan fingerprint density at radius 3 is 2.57 bits per heavy atom. The first-order chi connectivity index (χ1) is 17.9. The highest BCUT2D eigenvalue weighted by atomic mass is 16.5. The summed E-state index contributed by atoms with van der Waals surface area (Å²) in [6, 6.07) is 15.3. The molecule has 1 spiro atoms. The van der Waals surface area contributed by atoms with E-state index in [9.17, 15) is 14.7 Å². The summed E-state index contributed by atoms with van der Waals surface area (Å²) in [6.07, 6.45) is 4.37. The van der Waals surface area contributed by atoms with E-state index in [1.54, 1.807) is 14.2 Å². The molecule has 0 amide bonds. The molecule has 194 valence electrons. The predicted octanol–water partition coefficient (Wildman–Crippen LogP) is 4.27. The number of nitrogens with zero attached hydrogens (tertiary/aromatic N) is 1. The number of carboxylic acids is 1. The van der Waals surface area contributed by atoms with E-state index in [0.29, 0.717) is 56.3 Å². The zero-order valence-electron chi connectivity index (χ0n) is 21.1. The fraction of sp³-hybridized carbons (Fsp3) is 0.379. The number of aromatic nitrogens is 1. The summed E-state index contributed by atoms with van der Waals surface area (Å²) in [5, 5.41) is 9.64. The highest BCUT2D eigenvalue weighted by Crippen LogP contribution is 2.51. The fourth-order valence-corrected chi connectivity index (χ4v) is 5.41. The number of aromatic carboxylic acids is 1. The number of carboxylic acid groups (broad SMARTS) is 1. The molecule has 1 saturated carbocycles. The molecule has 5 rings (SSSR count). The van der Waals surface area contributed by atoms with Crippen molar-refractivity contribution in [3.05, 3.63) is 81.6 Å². The van der Waals surface area contributed by atoms with Gasteiger partial charge in [0.05, 0.1) is 37.7 Å². The van der Waals surface area contributed by atoms with Crippen molar-refractivity contribution >= 4 is 5.97 Å². The highest BCUT2D eigenvalue weighted by molar-refractivity contribution is 5.88. The van der Waals surface area contributed by atoms with E-state index >= 15 is 0 Å². The maximum Gasteiger partial charge on any atom is 0.341 e. The van der Waals surface area contributed by atoms with Crippen LogP contribution in [-0.4, -0.2) is 49.2 Å². The zero-order chi connectivity index (χ0) is 26.0. The Hall–Kier alpha value is -3.62. The van der Waals surface area contributed by atoms with Gasteiger partial charge in [0.2, 0.25) is 0 Å². The Morgan fingerprint density at radius 2 is 1.86 bits per heavy atom. The lowest BCUT2D eigenvalue weighted by Crippen LogP contribution is -2.54. The molecule has 1 fully saturated rings. The lowest BCUT2D eigenvalue weighted by Gasteiger charge is -2.52. The summed E-state index contributed by atoms with van der Waals surface area (Å²) >= 11 is 0. The molecular weight excluding hydrogens is 474 g/mol. The number of pyridine rings is 1. The largest absolute Gasteiger partial charge is 0.493 e. The fourth-order valence-electron chi connectivity index (χ4n) is 5.41. The van der Waals surface area contributed by atoms with Gasteiger partial charge in [0, 0.05) is 38.0 Å². The lowest BCUT2D eigenvalue weighted by atomic mass is 9.67. The van der Waals surface area contributed by atoms with E-state index in [2.05, 4.69) is 0 Å². The lowest BCUT2D eigenvalue weighted by molar-refractivity contribution is -0.0817. The molecule has 8 heteroatoms. The van der Waals surface area contributed by atoms with Crippen molar-refractivity contribution in [3.8, 4) is 22.8 Å². The van der Waals surface area contributed by atoms with Gasteiger partial charge in [-0.25, -0.2) is 4.79 Å². The molecule has 0 atom stereocenters. The van der Waals surface area contributed by atoms with Crippen LogP contribution in [-0.2, 0) is 28.0 Å². The van der Waals surface area contributed by atoms with E-state index in [0.717, 1.165) is 23.1 Å². The first-order valence-electron chi connectivity index (χ1n) is 12.4. The van der Waals surface area contributed by atoms with Crippen LogP contribution in [0.5, 0.6) is 11.5 Å². The first-order valence-corrected chi connectivity index (χ1v) is 12.4. The number of ether oxygens (including phenoxy) is 4. The van der Waals surface area contributed by atoms with Gasteiger partial charge in [-0.15, -0.1) is 0 Å². The molecule has 2 heterocycles. The minimum absolute atomic E-state index is 0.0327. The van der Waals surface area contributed by atoms with E-state index in [1.165, 1.54) is 12.3 Å². The molecule has 2 aliphatic rings. The van der Waals surface area contributed by atoms with Crippen LogP contribution >= 0.6 is 0 Å². The standard InChI is InChI=1S/C29H31NO7/c1-34-9-6-10-36-27-11-20-14-29(15-21(16-29)37-18-19-7-4-3-5-8-19)30-17-23(28(32)33)25(31)13-24(30)22(20)12-26(27)35-2/h3-5,7-8,11-13,17,21H,6,9-10,14-16,18H2,1-2H3,(H,32,33). The van der Waals surface area contributed by atoms with Crippen LogP contribution in [0.3, 0.4) is 0 Å². The van der Waals surface area contributed by atoms with Crippen LogP contribution in [0.15, 0.2) is 59.5 Å². The molecule has 3 aromatic rings. The van der Waals surface area contributed by atoms with Crippen LogP contribution in [0.4, 0.5) is 0 Å². The molecule has 0 unspecified atom stereocenters. The molecular formula is C29H31NO7. The summed E-state index contributed by atoms with van der Waals surface area (Å²) in [6.45, 7) is 1.61. The van der Waals surface area contributed by atoms with Gasteiger partial charge in [-0.05, 0) is 42.5 Å². The Kier molecular flexibility index (Phi) is 7.04. The van der Waals surface area contributed by atoms with Crippen molar-refractivity contribution in [1.29, 1.82) is 0 Å². The normalized spacial score (nSPS) is 19.6. The molecule has 37 heavy (non-hydrogen) atoms. The number of hydrogen-bond donors (Lipinski definition) is 1. The third-order valence-corrected chi connectivity index (χ3v) is 7.27. The van der Waals surface area contributed by atoms with Crippen LogP contribution in [0, 0.1) is 0 Å². The molecule has 0 bridgehead atoms. The maximum absolute atomic E-state index is 12.7. The van der Waals surface area contributed by atoms with Crippen molar-refractivity contribution in [2.45, 2.75) is 43.9 Å². The summed E-state index contributed by atoms with van der Waals surface area (Å²) in [4.78, 5) is 24.5. The van der Waals surface area contributed by atoms with Gasteiger partial charge < -0.3 is 28.6 Å². The Bertz CT molecular complexity index is 1340. The van der Waals surface area contributed by atoms with Crippen molar-refractivity contribution in [2.24, 2.45) is 0 Å². The molecule has 0 radical (unpaired) electrons. The van der Waals surface area contributed by atoms with Gasteiger partial charge in [0.25, 0.3) is 0 Å². The van der Waals surface area contributed by atoms with Crippen LogP contribution in [0.25, 0.3) is 11.3 Å². The van der Waals surface area contributed by atoms with Gasteiger partial charge in [-0.1, -0.05) is 30.3 Å². The monoisotopic (exact) mass is 505 g/mol. The third kappa shape index (κ3) is 4.86. The van der Waals surface area contributed by atoms with Crippen LogP contribution < -0.4 is 14.9 Å². The maximum atomic E-state index is 12.7. The van der Waals surface area contributed by atoms with Gasteiger partial charge in [0.15, 0.2) is 16.9 Å². The van der Waals surface area contributed by atoms with Gasteiger partial charge >= 0.3 is 5.97 Å². The summed E-state index contributed by atoms with van der Waals surface area (Å²) in [5.74, 6) is -0.0254. The summed E-state index contributed by atoms with van der Waals surface area (Å²) < 4.78 is 24.9.